The van der Waals surface area contributed by atoms with E-state index in [0.717, 1.165) is 41.1 Å². The van der Waals surface area contributed by atoms with Crippen LogP contribution >= 0.6 is 34.8 Å². The number of amides is 2. The second-order valence-corrected chi connectivity index (χ2v) is 15.0. The summed E-state index contributed by atoms with van der Waals surface area (Å²) >= 11 is 19.0. The van der Waals surface area contributed by atoms with E-state index in [2.05, 4.69) is 5.32 Å². The van der Waals surface area contributed by atoms with Crippen molar-refractivity contribution in [3.63, 3.8) is 0 Å². The van der Waals surface area contributed by atoms with Crippen LogP contribution in [0, 0.1) is 6.92 Å². The van der Waals surface area contributed by atoms with Crippen molar-refractivity contribution in [3.05, 3.63) is 129 Å². The number of aryl methyl sites for hydroxylation is 1. The van der Waals surface area contributed by atoms with Gasteiger partial charge in [-0.05, 0) is 73.4 Å². The van der Waals surface area contributed by atoms with E-state index in [0.29, 0.717) is 10.6 Å². The summed E-state index contributed by atoms with van der Waals surface area (Å²) in [5.74, 6) is -0.880. The van der Waals surface area contributed by atoms with E-state index < -0.39 is 28.5 Å². The lowest BCUT2D eigenvalue weighted by Crippen LogP contribution is -2.54. The minimum Gasteiger partial charge on any atom is -0.352 e. The highest BCUT2D eigenvalue weighted by Crippen LogP contribution is 2.31. The number of nitrogens with one attached hydrogen (secondary N) is 1. The minimum absolute atomic E-state index is 0.00630. The Bertz CT molecular complexity index is 1790. The van der Waals surface area contributed by atoms with Crippen LogP contribution in [0.15, 0.2) is 102 Å². The molecule has 0 bridgehead atoms. The van der Waals surface area contributed by atoms with E-state index in [9.17, 15) is 18.0 Å². The summed E-state index contributed by atoms with van der Waals surface area (Å²) in [6.45, 7) is 1.25. The predicted octanol–water partition coefficient (Wildman–Crippen LogP) is 7.85. The van der Waals surface area contributed by atoms with Gasteiger partial charge in [0.15, 0.2) is 0 Å². The summed E-state index contributed by atoms with van der Waals surface area (Å²) in [6.07, 6.45) is 3.99. The van der Waals surface area contributed by atoms with Crippen LogP contribution in [0.3, 0.4) is 0 Å². The first-order valence-electron chi connectivity index (χ1n) is 15.4. The zero-order valence-electron chi connectivity index (χ0n) is 25.9. The molecule has 0 spiro atoms. The third kappa shape index (κ3) is 9.08. The molecule has 1 aliphatic carbocycles. The van der Waals surface area contributed by atoms with Gasteiger partial charge >= 0.3 is 0 Å². The monoisotopic (exact) mass is 711 g/mol. The van der Waals surface area contributed by atoms with Gasteiger partial charge in [-0.3, -0.25) is 13.9 Å². The zero-order chi connectivity index (χ0) is 33.6. The van der Waals surface area contributed by atoms with Gasteiger partial charge in [-0.15, -0.1) is 0 Å². The SMILES string of the molecule is Cc1ccc(S(=O)(=O)N(CC(=O)N(Cc2cccc(Cl)c2)[C@@H](Cc2ccccc2)C(=O)NC2CCCC2)c2cc(Cl)cc(Cl)c2)cc1. The highest BCUT2D eigenvalue weighted by atomic mass is 35.5. The smallest absolute Gasteiger partial charge is 0.264 e. The Kier molecular flexibility index (Phi) is 11.5. The van der Waals surface area contributed by atoms with Crippen LogP contribution in [0.2, 0.25) is 15.1 Å². The lowest BCUT2D eigenvalue weighted by atomic mass is 10.0. The summed E-state index contributed by atoms with van der Waals surface area (Å²) in [7, 11) is -4.29. The van der Waals surface area contributed by atoms with Crippen LogP contribution in [-0.4, -0.2) is 43.8 Å². The molecule has 11 heteroatoms. The molecule has 0 aromatic heterocycles. The Labute approximate surface area is 291 Å². The number of hydrogen-bond donors (Lipinski definition) is 1. The third-order valence-electron chi connectivity index (χ3n) is 8.24. The van der Waals surface area contributed by atoms with Gasteiger partial charge in [0.2, 0.25) is 11.8 Å². The molecule has 4 aromatic rings. The van der Waals surface area contributed by atoms with Crippen LogP contribution in [0.5, 0.6) is 0 Å². The maximum absolute atomic E-state index is 14.6. The summed E-state index contributed by atoms with van der Waals surface area (Å²) in [6, 6.07) is 26.3. The second kappa shape index (κ2) is 15.6. The quantitative estimate of drug-likeness (QED) is 0.162. The number of sulfonamides is 1. The molecule has 4 aromatic carbocycles. The van der Waals surface area contributed by atoms with Crippen LogP contribution in [0.1, 0.15) is 42.4 Å². The van der Waals surface area contributed by atoms with E-state index in [1.165, 1.54) is 35.2 Å². The zero-order valence-corrected chi connectivity index (χ0v) is 29.0. The summed E-state index contributed by atoms with van der Waals surface area (Å²) in [4.78, 5) is 30.2. The number of anilines is 1. The van der Waals surface area contributed by atoms with Crippen molar-refractivity contribution in [2.45, 2.75) is 62.6 Å². The molecule has 7 nitrogen and oxygen atoms in total. The molecule has 0 radical (unpaired) electrons. The van der Waals surface area contributed by atoms with E-state index in [1.54, 1.807) is 30.3 Å². The molecule has 1 fully saturated rings. The fourth-order valence-electron chi connectivity index (χ4n) is 5.80. The lowest BCUT2D eigenvalue weighted by molar-refractivity contribution is -0.140. The highest BCUT2D eigenvalue weighted by molar-refractivity contribution is 7.92. The molecule has 1 aliphatic rings. The summed E-state index contributed by atoms with van der Waals surface area (Å²) < 4.78 is 29.4. The van der Waals surface area contributed by atoms with Gasteiger partial charge in [0, 0.05) is 34.1 Å². The van der Waals surface area contributed by atoms with E-state index in [4.69, 9.17) is 34.8 Å². The Hall–Kier alpha value is -3.56. The topological polar surface area (TPSA) is 86.8 Å². The van der Waals surface area contributed by atoms with Gasteiger partial charge in [-0.2, -0.15) is 0 Å². The molecule has 1 saturated carbocycles. The van der Waals surface area contributed by atoms with Gasteiger partial charge in [0.25, 0.3) is 10.0 Å². The molecule has 47 heavy (non-hydrogen) atoms. The molecule has 246 valence electrons. The van der Waals surface area contributed by atoms with Crippen molar-refractivity contribution in [1.29, 1.82) is 0 Å². The summed E-state index contributed by atoms with van der Waals surface area (Å²) in [5.41, 5.74) is 2.54. The molecular formula is C36H36Cl3N3O4S. The van der Waals surface area contributed by atoms with E-state index in [-0.39, 0.29) is 45.5 Å². The van der Waals surface area contributed by atoms with Gasteiger partial charge in [-0.1, -0.05) is 108 Å². The number of benzene rings is 4. The molecular weight excluding hydrogens is 677 g/mol. The Morgan fingerprint density at radius 3 is 2.09 bits per heavy atom. The lowest BCUT2D eigenvalue weighted by Gasteiger charge is -2.34. The fourth-order valence-corrected chi connectivity index (χ4v) is 7.93. The number of rotatable bonds is 12. The standard InChI is InChI=1S/C36H36Cl3N3O4S/c1-25-14-16-33(17-15-25)47(45,46)42(32-21-29(38)20-30(39)22-32)24-35(43)41(23-27-10-7-11-28(37)18-27)34(19-26-8-3-2-4-9-26)36(44)40-31-12-5-6-13-31/h2-4,7-11,14-18,20-22,31,34H,5-6,12-13,19,23-24H2,1H3,(H,40,44)/t34-/m0/s1. The molecule has 1 atom stereocenters. The minimum atomic E-state index is -4.29. The third-order valence-corrected chi connectivity index (χ3v) is 10.7. The van der Waals surface area contributed by atoms with Gasteiger partial charge < -0.3 is 10.2 Å². The van der Waals surface area contributed by atoms with Crippen LogP contribution < -0.4 is 9.62 Å². The van der Waals surface area contributed by atoms with Crippen molar-refractivity contribution in [3.8, 4) is 0 Å². The number of nitrogens with zero attached hydrogens (tertiary/aromatic N) is 2. The van der Waals surface area contributed by atoms with E-state index >= 15 is 0 Å². The van der Waals surface area contributed by atoms with Crippen molar-refractivity contribution >= 4 is 62.3 Å². The molecule has 2 amide bonds. The largest absolute Gasteiger partial charge is 0.352 e. The maximum atomic E-state index is 14.6. The Balaban J connectivity index is 1.58. The molecule has 0 saturated heterocycles. The van der Waals surface area contributed by atoms with Gasteiger partial charge in [0.1, 0.15) is 12.6 Å². The molecule has 1 N–H and O–H groups in total. The Morgan fingerprint density at radius 2 is 1.45 bits per heavy atom. The van der Waals surface area contributed by atoms with E-state index in [1.807, 2.05) is 43.3 Å². The first-order valence-corrected chi connectivity index (χ1v) is 18.0. The average molecular weight is 713 g/mol. The molecule has 5 rings (SSSR count). The molecule has 0 unspecified atom stereocenters. The van der Waals surface area contributed by atoms with Crippen LogP contribution in [0.4, 0.5) is 5.69 Å². The molecule has 0 heterocycles. The second-order valence-electron chi connectivity index (χ2n) is 11.8. The number of carbonyl (C=O) groups is 2. The Morgan fingerprint density at radius 1 is 0.809 bits per heavy atom. The number of carbonyl (C=O) groups excluding carboxylic acids is 2. The average Bonchev–Trinajstić information content (AvgIpc) is 3.54. The van der Waals surface area contributed by atoms with Crippen LogP contribution in [-0.2, 0) is 32.6 Å². The molecule has 0 aliphatic heterocycles. The van der Waals surface area contributed by atoms with Gasteiger partial charge in [0.05, 0.1) is 10.6 Å². The summed E-state index contributed by atoms with van der Waals surface area (Å²) in [5, 5.41) is 4.05. The van der Waals surface area contributed by atoms with Crippen molar-refractivity contribution in [2.24, 2.45) is 0 Å². The van der Waals surface area contributed by atoms with Crippen molar-refractivity contribution < 1.29 is 18.0 Å². The highest BCUT2D eigenvalue weighted by Gasteiger charge is 2.35. The van der Waals surface area contributed by atoms with Gasteiger partial charge in [-0.25, -0.2) is 8.42 Å². The fraction of sp³-hybridized carbons (Fsp3) is 0.278. The maximum Gasteiger partial charge on any atom is 0.264 e. The van der Waals surface area contributed by atoms with Crippen LogP contribution in [0.25, 0.3) is 0 Å². The van der Waals surface area contributed by atoms with Crippen molar-refractivity contribution in [1.82, 2.24) is 10.2 Å². The van der Waals surface area contributed by atoms with Crippen molar-refractivity contribution in [2.75, 3.05) is 10.8 Å². The normalized spacial score (nSPS) is 14.0. The number of hydrogen-bond acceptors (Lipinski definition) is 4. The first kappa shape index (κ1) is 34.8. The first-order chi connectivity index (χ1) is 22.5. The predicted molar refractivity (Wildman–Crippen MR) is 189 cm³/mol. The number of halogens is 3.